The molecule has 0 aromatic carbocycles. The monoisotopic (exact) mass is 169 g/mol. The minimum absolute atomic E-state index is 0.277. The predicted molar refractivity (Wildman–Crippen MR) is 48.7 cm³/mol. The lowest BCUT2D eigenvalue weighted by atomic mass is 10.3. The Kier molecular flexibility index (Phi) is 3.53. The number of hydrogen-bond acceptors (Lipinski definition) is 2. The second-order valence-electron chi connectivity index (χ2n) is 3.08. The van der Waals surface area contributed by atoms with Crippen LogP contribution in [0, 0.1) is 6.92 Å². The maximum absolute atomic E-state index is 11.3. The number of nitrogens with zero attached hydrogens (tertiary/aromatic N) is 2. The summed E-state index contributed by atoms with van der Waals surface area (Å²) in [7, 11) is 0. The SMILES string of the molecule is [CH2]CN1CCN(C(=O)CC)CC1. The zero-order chi connectivity index (χ0) is 8.97. The summed E-state index contributed by atoms with van der Waals surface area (Å²) in [5.74, 6) is 0.277. The molecule has 0 aromatic heterocycles. The maximum Gasteiger partial charge on any atom is 0.222 e. The van der Waals surface area contributed by atoms with Crippen molar-refractivity contribution in [3.63, 3.8) is 0 Å². The Labute approximate surface area is 74.3 Å². The van der Waals surface area contributed by atoms with E-state index in [9.17, 15) is 4.79 Å². The molecule has 1 aliphatic rings. The van der Waals surface area contributed by atoms with Gasteiger partial charge in [0.15, 0.2) is 0 Å². The van der Waals surface area contributed by atoms with Gasteiger partial charge in [0, 0.05) is 32.6 Å². The Hall–Kier alpha value is -0.570. The molecule has 0 aliphatic carbocycles. The van der Waals surface area contributed by atoms with E-state index in [4.69, 9.17) is 0 Å². The highest BCUT2D eigenvalue weighted by molar-refractivity contribution is 5.75. The Morgan fingerprint density at radius 3 is 2.33 bits per heavy atom. The van der Waals surface area contributed by atoms with Crippen molar-refractivity contribution in [3.05, 3.63) is 6.92 Å². The van der Waals surface area contributed by atoms with Crippen LogP contribution in [0.1, 0.15) is 13.3 Å². The molecule has 1 fully saturated rings. The molecule has 0 unspecified atom stereocenters. The first-order chi connectivity index (χ1) is 5.77. The van der Waals surface area contributed by atoms with Gasteiger partial charge in [0.1, 0.15) is 0 Å². The minimum atomic E-state index is 0.277. The van der Waals surface area contributed by atoms with Crippen LogP contribution in [-0.2, 0) is 4.79 Å². The maximum atomic E-state index is 11.3. The molecule has 3 nitrogen and oxygen atoms in total. The first kappa shape index (κ1) is 9.52. The second kappa shape index (κ2) is 4.45. The van der Waals surface area contributed by atoms with Crippen LogP contribution < -0.4 is 0 Å². The van der Waals surface area contributed by atoms with Crippen molar-refractivity contribution in [2.45, 2.75) is 13.3 Å². The highest BCUT2D eigenvalue weighted by Crippen LogP contribution is 2.02. The molecule has 0 bridgehead atoms. The average molecular weight is 169 g/mol. The average Bonchev–Trinajstić information content (AvgIpc) is 2.17. The van der Waals surface area contributed by atoms with E-state index in [-0.39, 0.29) is 5.91 Å². The van der Waals surface area contributed by atoms with Gasteiger partial charge in [0.25, 0.3) is 0 Å². The molecule has 1 saturated heterocycles. The van der Waals surface area contributed by atoms with E-state index >= 15 is 0 Å². The number of piperazine rings is 1. The zero-order valence-corrected chi connectivity index (χ0v) is 7.75. The topological polar surface area (TPSA) is 23.6 Å². The normalized spacial score (nSPS) is 19.7. The summed E-state index contributed by atoms with van der Waals surface area (Å²) >= 11 is 0. The van der Waals surface area contributed by atoms with Crippen LogP contribution in [0.4, 0.5) is 0 Å². The van der Waals surface area contributed by atoms with Crippen molar-refractivity contribution in [1.29, 1.82) is 0 Å². The Morgan fingerprint density at radius 2 is 1.92 bits per heavy atom. The fourth-order valence-corrected chi connectivity index (χ4v) is 1.44. The highest BCUT2D eigenvalue weighted by atomic mass is 16.2. The molecule has 1 rings (SSSR count). The summed E-state index contributed by atoms with van der Waals surface area (Å²) in [6, 6.07) is 0. The largest absolute Gasteiger partial charge is 0.340 e. The molecule has 0 atom stereocenters. The van der Waals surface area contributed by atoms with Gasteiger partial charge in [0.05, 0.1) is 0 Å². The molecule has 3 heteroatoms. The molecule has 1 aliphatic heterocycles. The van der Waals surface area contributed by atoms with Crippen LogP contribution in [0.5, 0.6) is 0 Å². The number of carbonyl (C=O) groups excluding carboxylic acids is 1. The standard InChI is InChI=1S/C9H17N2O/c1-3-9(12)11-7-5-10(4-2)6-8-11/h2-8H2,1H3. The summed E-state index contributed by atoms with van der Waals surface area (Å²) in [6.45, 7) is 10.3. The second-order valence-corrected chi connectivity index (χ2v) is 3.08. The molecular weight excluding hydrogens is 152 g/mol. The van der Waals surface area contributed by atoms with E-state index in [1.165, 1.54) is 0 Å². The molecule has 1 heterocycles. The quantitative estimate of drug-likeness (QED) is 0.596. The third kappa shape index (κ3) is 2.21. The van der Waals surface area contributed by atoms with E-state index in [1.807, 2.05) is 11.8 Å². The summed E-state index contributed by atoms with van der Waals surface area (Å²) in [6.07, 6.45) is 0.629. The van der Waals surface area contributed by atoms with Gasteiger partial charge in [0.2, 0.25) is 5.91 Å². The van der Waals surface area contributed by atoms with Gasteiger partial charge in [-0.2, -0.15) is 0 Å². The molecule has 0 N–H and O–H groups in total. The molecule has 0 spiro atoms. The van der Waals surface area contributed by atoms with Gasteiger partial charge >= 0.3 is 0 Å². The van der Waals surface area contributed by atoms with Crippen LogP contribution in [0.15, 0.2) is 0 Å². The third-order valence-corrected chi connectivity index (χ3v) is 2.34. The van der Waals surface area contributed by atoms with Crippen LogP contribution in [-0.4, -0.2) is 48.4 Å². The summed E-state index contributed by atoms with van der Waals surface area (Å²) in [5.41, 5.74) is 0. The van der Waals surface area contributed by atoms with Crippen LogP contribution >= 0.6 is 0 Å². The number of amides is 1. The van der Waals surface area contributed by atoms with Crippen LogP contribution in [0.2, 0.25) is 0 Å². The third-order valence-electron chi connectivity index (χ3n) is 2.34. The Bertz CT molecular complexity index is 151. The molecule has 0 aromatic rings. The number of carbonyl (C=O) groups is 1. The van der Waals surface area contributed by atoms with Gasteiger partial charge in [-0.15, -0.1) is 0 Å². The molecule has 69 valence electrons. The number of rotatable bonds is 2. The van der Waals surface area contributed by atoms with Gasteiger partial charge in [-0.3, -0.25) is 9.69 Å². The Morgan fingerprint density at radius 1 is 1.33 bits per heavy atom. The summed E-state index contributed by atoms with van der Waals surface area (Å²) < 4.78 is 0. The smallest absolute Gasteiger partial charge is 0.222 e. The molecule has 0 saturated carbocycles. The van der Waals surface area contributed by atoms with Crippen molar-refractivity contribution in [1.82, 2.24) is 9.80 Å². The van der Waals surface area contributed by atoms with Crippen molar-refractivity contribution < 1.29 is 4.79 Å². The number of hydrogen-bond donors (Lipinski definition) is 0. The fourth-order valence-electron chi connectivity index (χ4n) is 1.44. The molecular formula is C9H17N2O. The first-order valence-corrected chi connectivity index (χ1v) is 4.57. The lowest BCUT2D eigenvalue weighted by molar-refractivity contribution is -0.132. The lowest BCUT2D eigenvalue weighted by Crippen LogP contribution is -2.48. The van der Waals surface area contributed by atoms with E-state index in [0.717, 1.165) is 32.7 Å². The lowest BCUT2D eigenvalue weighted by Gasteiger charge is -2.33. The molecule has 1 amide bonds. The van der Waals surface area contributed by atoms with E-state index in [1.54, 1.807) is 0 Å². The summed E-state index contributed by atoms with van der Waals surface area (Å²) in [5, 5.41) is 0. The highest BCUT2D eigenvalue weighted by Gasteiger charge is 2.18. The van der Waals surface area contributed by atoms with E-state index in [2.05, 4.69) is 11.8 Å². The van der Waals surface area contributed by atoms with E-state index in [0.29, 0.717) is 6.42 Å². The Balaban J connectivity index is 2.30. The van der Waals surface area contributed by atoms with Gasteiger partial charge < -0.3 is 4.90 Å². The van der Waals surface area contributed by atoms with E-state index < -0.39 is 0 Å². The molecule has 12 heavy (non-hydrogen) atoms. The van der Waals surface area contributed by atoms with Gasteiger partial charge in [-0.25, -0.2) is 0 Å². The first-order valence-electron chi connectivity index (χ1n) is 4.57. The predicted octanol–water partition coefficient (Wildman–Crippen LogP) is 0.375. The zero-order valence-electron chi connectivity index (χ0n) is 7.75. The van der Waals surface area contributed by atoms with Crippen molar-refractivity contribution >= 4 is 5.91 Å². The van der Waals surface area contributed by atoms with Crippen LogP contribution in [0.25, 0.3) is 0 Å². The van der Waals surface area contributed by atoms with Gasteiger partial charge in [-0.05, 0) is 13.5 Å². The molecule has 1 radical (unpaired) electrons. The fraction of sp³-hybridized carbons (Fsp3) is 0.778. The van der Waals surface area contributed by atoms with Crippen molar-refractivity contribution in [2.24, 2.45) is 0 Å². The minimum Gasteiger partial charge on any atom is -0.340 e. The van der Waals surface area contributed by atoms with Crippen LogP contribution in [0.3, 0.4) is 0 Å². The van der Waals surface area contributed by atoms with Gasteiger partial charge in [-0.1, -0.05) is 6.92 Å². The van der Waals surface area contributed by atoms with Crippen molar-refractivity contribution in [3.8, 4) is 0 Å². The van der Waals surface area contributed by atoms with Crippen molar-refractivity contribution in [2.75, 3.05) is 32.7 Å². The summed E-state index contributed by atoms with van der Waals surface area (Å²) in [4.78, 5) is 15.5.